The number of nitrogens with one attached hydrogen (secondary N) is 1. The first-order valence-corrected chi connectivity index (χ1v) is 10.9. The molecule has 0 bridgehead atoms. The van der Waals surface area contributed by atoms with E-state index in [0.717, 1.165) is 22.8 Å². The van der Waals surface area contributed by atoms with Crippen LogP contribution in [-0.4, -0.2) is 14.7 Å². The normalized spacial score (nSPS) is 18.1. The molecule has 0 amide bonds. The average molecular weight is 443 g/mol. The molecule has 0 unspecified atom stereocenters. The van der Waals surface area contributed by atoms with E-state index < -0.39 is 0 Å². The van der Waals surface area contributed by atoms with Crippen LogP contribution in [0.5, 0.6) is 0 Å². The summed E-state index contributed by atoms with van der Waals surface area (Å²) in [5.74, 6) is -0.229. The SMILES string of the molecule is Cc1cccc(-n2cccc2[C@H]2[C@H](c3ccccn3)NC(=S)N2c2ccc(F)c(C)c2)c1. The predicted molar refractivity (Wildman–Crippen MR) is 130 cm³/mol. The molecule has 4 aromatic rings. The molecule has 5 rings (SSSR count). The van der Waals surface area contributed by atoms with Gasteiger partial charge in [-0.05, 0) is 91.8 Å². The minimum atomic E-state index is -0.229. The summed E-state index contributed by atoms with van der Waals surface area (Å²) in [7, 11) is 0. The predicted octanol–water partition coefficient (Wildman–Crippen LogP) is 5.81. The van der Waals surface area contributed by atoms with Gasteiger partial charge in [0.2, 0.25) is 0 Å². The number of hydrogen-bond donors (Lipinski definition) is 1. The highest BCUT2D eigenvalue weighted by molar-refractivity contribution is 7.80. The fourth-order valence-corrected chi connectivity index (χ4v) is 4.71. The Balaban J connectivity index is 1.68. The molecule has 1 fully saturated rings. The van der Waals surface area contributed by atoms with Crippen LogP contribution in [0.2, 0.25) is 0 Å². The van der Waals surface area contributed by atoms with Crippen LogP contribution in [0.25, 0.3) is 5.69 Å². The number of rotatable bonds is 4. The molecule has 1 saturated heterocycles. The Morgan fingerprint density at radius 2 is 1.81 bits per heavy atom. The Bertz CT molecular complexity index is 1280. The van der Waals surface area contributed by atoms with Crippen LogP contribution in [0, 0.1) is 19.7 Å². The molecule has 2 aromatic carbocycles. The third-order valence-corrected chi connectivity index (χ3v) is 6.20. The molecule has 3 heterocycles. The maximum absolute atomic E-state index is 14.0. The lowest BCUT2D eigenvalue weighted by Gasteiger charge is -2.29. The Labute approximate surface area is 192 Å². The Kier molecular flexibility index (Phi) is 5.23. The zero-order valence-corrected chi connectivity index (χ0v) is 18.7. The Hall–Kier alpha value is -3.51. The van der Waals surface area contributed by atoms with Gasteiger partial charge in [-0.15, -0.1) is 0 Å². The lowest BCUT2D eigenvalue weighted by atomic mass is 10.0. The molecule has 1 aliphatic heterocycles. The van der Waals surface area contributed by atoms with E-state index in [1.807, 2.05) is 30.3 Å². The third-order valence-electron chi connectivity index (χ3n) is 5.88. The number of aryl methyl sites for hydroxylation is 2. The van der Waals surface area contributed by atoms with Gasteiger partial charge in [0.1, 0.15) is 11.9 Å². The van der Waals surface area contributed by atoms with E-state index in [2.05, 4.69) is 63.2 Å². The van der Waals surface area contributed by atoms with Crippen molar-refractivity contribution in [3.05, 3.63) is 114 Å². The van der Waals surface area contributed by atoms with Gasteiger partial charge in [-0.2, -0.15) is 0 Å². The lowest BCUT2D eigenvalue weighted by molar-refractivity contribution is 0.549. The highest BCUT2D eigenvalue weighted by Crippen LogP contribution is 2.42. The summed E-state index contributed by atoms with van der Waals surface area (Å²) in [6.07, 6.45) is 3.86. The molecule has 0 saturated carbocycles. The zero-order valence-electron chi connectivity index (χ0n) is 17.9. The van der Waals surface area contributed by atoms with E-state index in [1.54, 1.807) is 19.2 Å². The van der Waals surface area contributed by atoms with Gasteiger partial charge in [-0.25, -0.2) is 4.39 Å². The minimum absolute atomic E-state index is 0.160. The maximum Gasteiger partial charge on any atom is 0.174 e. The Morgan fingerprint density at radius 3 is 2.56 bits per heavy atom. The fourth-order valence-electron chi connectivity index (χ4n) is 4.36. The fraction of sp³-hybridized carbons (Fsp3) is 0.154. The van der Waals surface area contributed by atoms with Crippen LogP contribution < -0.4 is 10.2 Å². The summed E-state index contributed by atoms with van der Waals surface area (Å²) in [5, 5.41) is 4.06. The van der Waals surface area contributed by atoms with Crippen LogP contribution in [0.3, 0.4) is 0 Å². The largest absolute Gasteiger partial charge is 0.351 e. The topological polar surface area (TPSA) is 33.1 Å². The smallest absolute Gasteiger partial charge is 0.174 e. The molecule has 6 heteroatoms. The summed E-state index contributed by atoms with van der Waals surface area (Å²) in [4.78, 5) is 6.69. The van der Waals surface area contributed by atoms with E-state index in [4.69, 9.17) is 12.2 Å². The molecule has 160 valence electrons. The van der Waals surface area contributed by atoms with Crippen molar-refractivity contribution in [2.45, 2.75) is 25.9 Å². The molecular weight excluding hydrogens is 419 g/mol. The van der Waals surface area contributed by atoms with Crippen molar-refractivity contribution in [3.63, 3.8) is 0 Å². The number of thiocarbonyl (C=S) groups is 1. The van der Waals surface area contributed by atoms with Gasteiger partial charge in [0.15, 0.2) is 5.11 Å². The van der Waals surface area contributed by atoms with E-state index in [-0.39, 0.29) is 17.9 Å². The monoisotopic (exact) mass is 442 g/mol. The maximum atomic E-state index is 14.0. The van der Waals surface area contributed by atoms with E-state index in [9.17, 15) is 4.39 Å². The molecule has 4 nitrogen and oxygen atoms in total. The first-order chi connectivity index (χ1) is 15.5. The minimum Gasteiger partial charge on any atom is -0.351 e. The van der Waals surface area contributed by atoms with Crippen molar-refractivity contribution in [3.8, 4) is 5.69 Å². The standard InChI is InChI=1S/C26H23FN4S/c1-17-7-5-8-19(15-17)30-14-6-10-23(30)25-24(22-9-3-4-13-28-22)29-26(32)31(25)20-11-12-21(27)18(2)16-20/h3-16,24-25H,1-2H3,(H,29,32)/t24-,25-/m0/s1. The van der Waals surface area contributed by atoms with Crippen molar-refractivity contribution in [2.24, 2.45) is 0 Å². The van der Waals surface area contributed by atoms with Gasteiger partial charge in [0, 0.05) is 29.5 Å². The van der Waals surface area contributed by atoms with E-state index in [1.165, 1.54) is 11.6 Å². The summed E-state index contributed by atoms with van der Waals surface area (Å²) >= 11 is 5.79. The third kappa shape index (κ3) is 3.56. The summed E-state index contributed by atoms with van der Waals surface area (Å²) in [6.45, 7) is 3.86. The summed E-state index contributed by atoms with van der Waals surface area (Å²) < 4.78 is 16.2. The average Bonchev–Trinajstić information content (AvgIpc) is 3.40. The van der Waals surface area contributed by atoms with Crippen molar-refractivity contribution >= 4 is 23.0 Å². The second kappa shape index (κ2) is 8.20. The van der Waals surface area contributed by atoms with Crippen molar-refractivity contribution < 1.29 is 4.39 Å². The molecule has 0 spiro atoms. The Morgan fingerprint density at radius 1 is 0.938 bits per heavy atom. The van der Waals surface area contributed by atoms with Crippen molar-refractivity contribution in [1.29, 1.82) is 0 Å². The zero-order chi connectivity index (χ0) is 22.2. The van der Waals surface area contributed by atoms with Crippen LogP contribution in [0.1, 0.15) is 34.6 Å². The van der Waals surface area contributed by atoms with E-state index in [0.29, 0.717) is 10.7 Å². The van der Waals surface area contributed by atoms with E-state index >= 15 is 0 Å². The quantitative estimate of drug-likeness (QED) is 0.405. The van der Waals surface area contributed by atoms with Crippen LogP contribution in [0.4, 0.5) is 10.1 Å². The number of aromatic nitrogens is 2. The summed E-state index contributed by atoms with van der Waals surface area (Å²) in [6, 6.07) is 23.2. The molecule has 0 radical (unpaired) electrons. The van der Waals surface area contributed by atoms with Gasteiger partial charge >= 0.3 is 0 Å². The lowest BCUT2D eigenvalue weighted by Crippen LogP contribution is -2.30. The van der Waals surface area contributed by atoms with Crippen molar-refractivity contribution in [1.82, 2.24) is 14.9 Å². The molecule has 32 heavy (non-hydrogen) atoms. The number of benzene rings is 2. The second-order valence-electron chi connectivity index (χ2n) is 8.07. The second-order valence-corrected chi connectivity index (χ2v) is 8.46. The highest BCUT2D eigenvalue weighted by atomic mass is 32.1. The van der Waals surface area contributed by atoms with Gasteiger partial charge in [0.25, 0.3) is 0 Å². The van der Waals surface area contributed by atoms with Crippen LogP contribution in [0.15, 0.2) is 85.2 Å². The van der Waals surface area contributed by atoms with Crippen LogP contribution >= 0.6 is 12.2 Å². The summed E-state index contributed by atoms with van der Waals surface area (Å²) in [5.41, 5.74) is 5.67. The molecule has 2 atom stereocenters. The number of anilines is 1. The van der Waals surface area contributed by atoms with Gasteiger partial charge in [-0.3, -0.25) is 4.98 Å². The number of nitrogens with zero attached hydrogens (tertiary/aromatic N) is 3. The van der Waals surface area contributed by atoms with Gasteiger partial charge in [-0.1, -0.05) is 18.2 Å². The van der Waals surface area contributed by atoms with Gasteiger partial charge in [0.05, 0.1) is 11.7 Å². The van der Waals surface area contributed by atoms with Crippen molar-refractivity contribution in [2.75, 3.05) is 4.90 Å². The highest BCUT2D eigenvalue weighted by Gasteiger charge is 2.42. The molecule has 1 aliphatic rings. The number of halogens is 1. The first kappa shape index (κ1) is 20.4. The number of pyridine rings is 1. The first-order valence-electron chi connectivity index (χ1n) is 10.5. The van der Waals surface area contributed by atoms with Gasteiger partial charge < -0.3 is 14.8 Å². The molecule has 2 aromatic heterocycles. The molecule has 0 aliphatic carbocycles. The van der Waals surface area contributed by atoms with Crippen LogP contribution in [-0.2, 0) is 0 Å². The number of hydrogen-bond acceptors (Lipinski definition) is 2. The molecular formula is C26H23FN4S. The molecule has 1 N–H and O–H groups in total.